The first-order valence-corrected chi connectivity index (χ1v) is 10.6. The van der Waals surface area contributed by atoms with Gasteiger partial charge in [-0.2, -0.15) is 15.1 Å². The molecule has 12 nitrogen and oxygen atoms in total. The number of ether oxygens (including phenoxy) is 2. The van der Waals surface area contributed by atoms with E-state index in [1.165, 1.54) is 10.9 Å². The molecule has 0 aromatic carbocycles. The van der Waals surface area contributed by atoms with E-state index in [0.717, 1.165) is 0 Å². The van der Waals surface area contributed by atoms with Crippen molar-refractivity contribution in [2.45, 2.75) is 44.4 Å². The van der Waals surface area contributed by atoms with Gasteiger partial charge in [0.05, 0.1) is 18.2 Å². The van der Waals surface area contributed by atoms with Crippen LogP contribution in [0.4, 0.5) is 5.82 Å². The number of rotatable bonds is 7. The van der Waals surface area contributed by atoms with Gasteiger partial charge in [-0.05, 0) is 25.4 Å². The van der Waals surface area contributed by atoms with Gasteiger partial charge in [0.25, 0.3) is 0 Å². The zero-order chi connectivity index (χ0) is 20.6. The van der Waals surface area contributed by atoms with E-state index in [-0.39, 0.29) is 23.6 Å². The molecular weight excluding hydrogens is 417 g/mol. The van der Waals surface area contributed by atoms with Crippen LogP contribution in [0.5, 0.6) is 0 Å². The van der Waals surface area contributed by atoms with Gasteiger partial charge in [-0.15, -0.1) is 0 Å². The molecule has 0 saturated carbocycles. The highest BCUT2D eigenvalue weighted by Gasteiger charge is 2.45. The molecule has 0 unspecified atom stereocenters. The van der Waals surface area contributed by atoms with E-state index in [4.69, 9.17) is 30.9 Å². The third-order valence-electron chi connectivity index (χ3n) is 3.97. The summed E-state index contributed by atoms with van der Waals surface area (Å²) in [5.41, 5.74) is 0.288. The summed E-state index contributed by atoms with van der Waals surface area (Å²) in [6.07, 6.45) is -4.19. The van der Waals surface area contributed by atoms with Crippen LogP contribution in [0, 0.1) is 0 Å². The van der Waals surface area contributed by atoms with E-state index in [1.54, 1.807) is 0 Å². The van der Waals surface area contributed by atoms with Crippen molar-refractivity contribution in [3.8, 4) is 0 Å². The molecule has 0 bridgehead atoms. The minimum absolute atomic E-state index is 0.0352. The Morgan fingerprint density at radius 1 is 1.36 bits per heavy atom. The number of aliphatic hydroxyl groups is 2. The van der Waals surface area contributed by atoms with Gasteiger partial charge in [0.15, 0.2) is 11.9 Å². The zero-order valence-electron chi connectivity index (χ0n) is 15.0. The van der Waals surface area contributed by atoms with Crippen LogP contribution >= 0.6 is 19.2 Å². The summed E-state index contributed by atoms with van der Waals surface area (Å²) in [5, 5.41) is 28.4. The highest BCUT2D eigenvalue weighted by Crippen LogP contribution is 2.36. The standard InChI is InChI=1S/C14H21ClN5O7P/c1-6(2)17-11-7-3-16-20(12(7)19-14(15)18-11)13-10(22)9(21)8(27-13)4-26-5-28(23,24)25/h3,6,8-10,13,21-22H,4-5H2,1-2H3,(H,17,18,19)(H2,23,24,25)/t8-,9-,10-,13-/m1/s1. The Bertz CT molecular complexity index is 890. The van der Waals surface area contributed by atoms with Crippen molar-refractivity contribution in [3.63, 3.8) is 0 Å². The van der Waals surface area contributed by atoms with Gasteiger partial charge in [0.1, 0.15) is 30.5 Å². The molecule has 1 aliphatic rings. The van der Waals surface area contributed by atoms with Crippen LogP contribution in [-0.4, -0.2) is 77.1 Å². The average molecular weight is 438 g/mol. The second-order valence-electron chi connectivity index (χ2n) is 6.68. The molecule has 4 atom stereocenters. The Hall–Kier alpha value is -1.37. The quantitative estimate of drug-likeness (QED) is 0.293. The van der Waals surface area contributed by atoms with Gasteiger partial charge in [-0.25, -0.2) is 4.68 Å². The lowest BCUT2D eigenvalue weighted by molar-refractivity contribution is -0.0658. The monoisotopic (exact) mass is 437 g/mol. The predicted octanol–water partition coefficient (Wildman–Crippen LogP) is 0.0710. The van der Waals surface area contributed by atoms with Crippen LogP contribution in [0.25, 0.3) is 11.0 Å². The van der Waals surface area contributed by atoms with E-state index in [2.05, 4.69) is 20.4 Å². The summed E-state index contributed by atoms with van der Waals surface area (Å²) in [6.45, 7) is 3.53. The summed E-state index contributed by atoms with van der Waals surface area (Å²) in [5.74, 6) is 0.464. The fourth-order valence-electron chi connectivity index (χ4n) is 2.83. The maximum atomic E-state index is 10.9. The Labute approximate surface area is 164 Å². The van der Waals surface area contributed by atoms with Crippen molar-refractivity contribution in [3.05, 3.63) is 11.5 Å². The molecule has 2 aromatic heterocycles. The molecule has 28 heavy (non-hydrogen) atoms. The first-order valence-electron chi connectivity index (χ1n) is 8.38. The van der Waals surface area contributed by atoms with Gasteiger partial charge in [0.2, 0.25) is 5.28 Å². The van der Waals surface area contributed by atoms with Gasteiger partial charge in [-0.1, -0.05) is 0 Å². The highest BCUT2D eigenvalue weighted by molar-refractivity contribution is 7.51. The number of aliphatic hydroxyl groups excluding tert-OH is 2. The van der Waals surface area contributed by atoms with Crippen molar-refractivity contribution >= 4 is 36.0 Å². The highest BCUT2D eigenvalue weighted by atomic mass is 35.5. The number of fused-ring (bicyclic) bond motifs is 1. The van der Waals surface area contributed by atoms with E-state index >= 15 is 0 Å². The van der Waals surface area contributed by atoms with Crippen LogP contribution in [0.2, 0.25) is 5.28 Å². The van der Waals surface area contributed by atoms with Crippen LogP contribution in [0.3, 0.4) is 0 Å². The first kappa shape index (κ1) is 21.3. The number of halogens is 1. The number of hydrogen-bond acceptors (Lipinski definition) is 9. The smallest absolute Gasteiger partial charge is 0.350 e. The predicted molar refractivity (Wildman–Crippen MR) is 97.9 cm³/mol. The summed E-state index contributed by atoms with van der Waals surface area (Å²) >= 11 is 6.00. The molecule has 156 valence electrons. The van der Waals surface area contributed by atoms with Crippen molar-refractivity contribution in [1.29, 1.82) is 0 Å². The minimum atomic E-state index is -4.35. The Morgan fingerprint density at radius 2 is 2.07 bits per heavy atom. The lowest BCUT2D eigenvalue weighted by atomic mass is 10.1. The van der Waals surface area contributed by atoms with Gasteiger partial charge < -0.3 is 34.8 Å². The molecule has 3 rings (SSSR count). The number of aromatic nitrogens is 4. The lowest BCUT2D eigenvalue weighted by Crippen LogP contribution is -2.34. The van der Waals surface area contributed by atoms with E-state index < -0.39 is 38.5 Å². The molecule has 0 amide bonds. The van der Waals surface area contributed by atoms with Crippen molar-refractivity contribution in [2.75, 3.05) is 18.3 Å². The largest absolute Gasteiger partial charge is 0.387 e. The molecule has 1 aliphatic heterocycles. The molecule has 0 aliphatic carbocycles. The molecule has 14 heteroatoms. The second-order valence-corrected chi connectivity index (χ2v) is 8.60. The van der Waals surface area contributed by atoms with Crippen LogP contribution in [0.15, 0.2) is 6.20 Å². The van der Waals surface area contributed by atoms with Crippen LogP contribution in [0.1, 0.15) is 20.1 Å². The van der Waals surface area contributed by atoms with E-state index in [9.17, 15) is 14.8 Å². The SMILES string of the molecule is CC(C)Nc1nc(Cl)nc2c1cnn2[C@@H]1O[C@H](COCP(=O)(O)O)[C@@H](O)[C@H]1O. The van der Waals surface area contributed by atoms with Crippen LogP contribution < -0.4 is 5.32 Å². The Kier molecular flexibility index (Phi) is 6.23. The maximum absolute atomic E-state index is 10.9. The number of nitrogens with zero attached hydrogens (tertiary/aromatic N) is 4. The van der Waals surface area contributed by atoms with Gasteiger partial charge >= 0.3 is 7.60 Å². The number of nitrogens with one attached hydrogen (secondary N) is 1. The summed E-state index contributed by atoms with van der Waals surface area (Å²) in [4.78, 5) is 25.9. The molecule has 1 saturated heterocycles. The first-order chi connectivity index (χ1) is 13.1. The normalized spacial score (nSPS) is 25.7. The molecule has 3 heterocycles. The fraction of sp³-hybridized carbons (Fsp3) is 0.643. The fourth-order valence-corrected chi connectivity index (χ4v) is 3.33. The summed E-state index contributed by atoms with van der Waals surface area (Å²) in [7, 11) is -4.35. The van der Waals surface area contributed by atoms with Crippen molar-refractivity contribution < 1.29 is 34.0 Å². The Balaban J connectivity index is 1.84. The van der Waals surface area contributed by atoms with Crippen molar-refractivity contribution in [1.82, 2.24) is 19.7 Å². The number of anilines is 1. The zero-order valence-corrected chi connectivity index (χ0v) is 16.7. The molecule has 0 spiro atoms. The molecule has 5 N–H and O–H groups in total. The van der Waals surface area contributed by atoms with E-state index in [1.807, 2.05) is 13.8 Å². The minimum Gasteiger partial charge on any atom is -0.387 e. The van der Waals surface area contributed by atoms with Gasteiger partial charge in [-0.3, -0.25) is 4.57 Å². The average Bonchev–Trinajstić information content (AvgIpc) is 3.09. The topological polar surface area (TPSA) is 172 Å². The molecule has 2 aromatic rings. The Morgan fingerprint density at radius 3 is 2.71 bits per heavy atom. The van der Waals surface area contributed by atoms with E-state index in [0.29, 0.717) is 11.2 Å². The molecular formula is C14H21ClN5O7P. The van der Waals surface area contributed by atoms with Crippen LogP contribution in [-0.2, 0) is 14.0 Å². The van der Waals surface area contributed by atoms with Gasteiger partial charge in [0, 0.05) is 6.04 Å². The third-order valence-corrected chi connectivity index (χ3v) is 4.66. The number of hydrogen-bond donors (Lipinski definition) is 5. The lowest BCUT2D eigenvalue weighted by Gasteiger charge is -2.16. The second kappa shape index (κ2) is 8.17. The summed E-state index contributed by atoms with van der Waals surface area (Å²) < 4.78 is 22.6. The molecule has 0 radical (unpaired) electrons. The summed E-state index contributed by atoms with van der Waals surface area (Å²) in [6, 6.07) is 0.0724. The maximum Gasteiger partial charge on any atom is 0.350 e. The molecule has 1 fully saturated rings. The third kappa shape index (κ3) is 4.61. The van der Waals surface area contributed by atoms with Crippen molar-refractivity contribution in [2.24, 2.45) is 0 Å².